The zero-order valence-corrected chi connectivity index (χ0v) is 22.9. The smallest absolute Gasteiger partial charge is 0.417 e. The summed E-state index contributed by atoms with van der Waals surface area (Å²) in [6, 6.07) is 18.4. The number of nitrogens with one attached hydrogen (secondary N) is 2. The van der Waals surface area contributed by atoms with E-state index >= 15 is 0 Å². The molecule has 9 nitrogen and oxygen atoms in total. The molecule has 3 aromatic carbocycles. The van der Waals surface area contributed by atoms with Crippen LogP contribution in [0, 0.1) is 0 Å². The number of benzene rings is 3. The number of aromatic nitrogens is 3. The van der Waals surface area contributed by atoms with Crippen LogP contribution in [0.4, 0.5) is 18.9 Å². The van der Waals surface area contributed by atoms with Gasteiger partial charge in [-0.25, -0.2) is 0 Å². The van der Waals surface area contributed by atoms with Gasteiger partial charge in [-0.05, 0) is 55.5 Å². The van der Waals surface area contributed by atoms with Crippen LogP contribution in [0.2, 0.25) is 0 Å². The molecule has 2 N–H and O–H groups in total. The van der Waals surface area contributed by atoms with E-state index in [0.29, 0.717) is 34.6 Å². The molecule has 0 aliphatic heterocycles. The van der Waals surface area contributed by atoms with E-state index in [2.05, 4.69) is 20.8 Å². The Morgan fingerprint density at radius 2 is 1.68 bits per heavy atom. The first-order valence-corrected chi connectivity index (χ1v) is 13.4. The van der Waals surface area contributed by atoms with Crippen molar-refractivity contribution < 1.29 is 32.2 Å². The lowest BCUT2D eigenvalue weighted by molar-refractivity contribution is -0.138. The largest absolute Gasteiger partial charge is 0.495 e. The fourth-order valence-electron chi connectivity index (χ4n) is 3.88. The highest BCUT2D eigenvalue weighted by molar-refractivity contribution is 7.99. The number of para-hydroxylation sites is 2. The van der Waals surface area contributed by atoms with Crippen molar-refractivity contribution in [1.82, 2.24) is 20.1 Å². The van der Waals surface area contributed by atoms with Crippen LogP contribution in [0.3, 0.4) is 0 Å². The molecule has 4 rings (SSSR count). The van der Waals surface area contributed by atoms with Crippen LogP contribution in [0.25, 0.3) is 5.69 Å². The average molecular weight is 586 g/mol. The second-order valence-corrected chi connectivity index (χ2v) is 9.37. The van der Waals surface area contributed by atoms with Crippen molar-refractivity contribution in [1.29, 1.82) is 0 Å². The summed E-state index contributed by atoms with van der Waals surface area (Å²) >= 11 is 1.09. The highest BCUT2D eigenvalue weighted by Crippen LogP contribution is 2.32. The minimum atomic E-state index is -4.69. The summed E-state index contributed by atoms with van der Waals surface area (Å²) in [5.74, 6) is 0.131. The van der Waals surface area contributed by atoms with Gasteiger partial charge < -0.3 is 20.1 Å². The summed E-state index contributed by atoms with van der Waals surface area (Å²) in [5.41, 5.74) is -0.440. The first kappa shape index (κ1) is 29.5. The molecule has 0 unspecified atom stereocenters. The van der Waals surface area contributed by atoms with Crippen molar-refractivity contribution in [3.05, 3.63) is 89.7 Å². The van der Waals surface area contributed by atoms with E-state index in [1.54, 1.807) is 53.1 Å². The molecule has 41 heavy (non-hydrogen) atoms. The van der Waals surface area contributed by atoms with Crippen molar-refractivity contribution in [2.45, 2.75) is 24.8 Å². The Morgan fingerprint density at radius 1 is 0.976 bits per heavy atom. The second kappa shape index (κ2) is 13.2. The lowest BCUT2D eigenvalue weighted by Crippen LogP contribution is -2.27. The number of nitrogens with zero attached hydrogens (tertiary/aromatic N) is 3. The van der Waals surface area contributed by atoms with E-state index in [9.17, 15) is 22.8 Å². The molecular formula is C28H26F3N5O4S. The fourth-order valence-corrected chi connectivity index (χ4v) is 4.64. The SMILES string of the molecule is CCOc1ccc(NC(=O)CSc2nnc(CNC(=O)c3ccccc3C(F)(F)F)n2-c2ccccc2OC)cc1. The Labute approximate surface area is 238 Å². The second-order valence-electron chi connectivity index (χ2n) is 8.43. The lowest BCUT2D eigenvalue weighted by atomic mass is 10.1. The van der Waals surface area contributed by atoms with E-state index in [1.807, 2.05) is 6.92 Å². The molecule has 214 valence electrons. The first-order chi connectivity index (χ1) is 19.7. The summed E-state index contributed by atoms with van der Waals surface area (Å²) in [4.78, 5) is 25.4. The number of alkyl halides is 3. The van der Waals surface area contributed by atoms with Crippen molar-refractivity contribution in [2.75, 3.05) is 24.8 Å². The van der Waals surface area contributed by atoms with Crippen LogP contribution in [0.15, 0.2) is 78.0 Å². The number of rotatable bonds is 11. The number of amides is 2. The van der Waals surface area contributed by atoms with Crippen molar-refractivity contribution in [2.24, 2.45) is 0 Å². The third kappa shape index (κ3) is 7.37. The van der Waals surface area contributed by atoms with Crippen LogP contribution in [0.5, 0.6) is 11.5 Å². The average Bonchev–Trinajstić information content (AvgIpc) is 3.38. The van der Waals surface area contributed by atoms with Gasteiger partial charge in [0.15, 0.2) is 11.0 Å². The molecular weight excluding hydrogens is 559 g/mol. The van der Waals surface area contributed by atoms with Gasteiger partial charge in [-0.2, -0.15) is 13.2 Å². The molecule has 0 radical (unpaired) electrons. The van der Waals surface area contributed by atoms with E-state index in [1.165, 1.54) is 19.2 Å². The number of ether oxygens (including phenoxy) is 2. The zero-order valence-electron chi connectivity index (χ0n) is 22.1. The third-order valence-electron chi connectivity index (χ3n) is 5.69. The van der Waals surface area contributed by atoms with Crippen LogP contribution >= 0.6 is 11.8 Å². The maximum absolute atomic E-state index is 13.4. The quantitative estimate of drug-likeness (QED) is 0.229. The molecule has 1 heterocycles. The van der Waals surface area contributed by atoms with E-state index in [0.717, 1.165) is 23.9 Å². The Hall–Kier alpha value is -4.52. The number of hydrogen-bond acceptors (Lipinski definition) is 7. The lowest BCUT2D eigenvalue weighted by Gasteiger charge is -2.15. The number of hydrogen-bond donors (Lipinski definition) is 2. The maximum atomic E-state index is 13.4. The van der Waals surface area contributed by atoms with Crippen molar-refractivity contribution in [3.63, 3.8) is 0 Å². The normalized spacial score (nSPS) is 11.1. The Kier molecular flexibility index (Phi) is 9.50. The van der Waals surface area contributed by atoms with Crippen molar-refractivity contribution in [3.8, 4) is 17.2 Å². The monoisotopic (exact) mass is 585 g/mol. The minimum Gasteiger partial charge on any atom is -0.495 e. The third-order valence-corrected chi connectivity index (χ3v) is 6.62. The van der Waals surface area contributed by atoms with E-state index in [-0.39, 0.29) is 24.0 Å². The molecule has 0 atom stereocenters. The highest BCUT2D eigenvalue weighted by atomic mass is 32.2. The van der Waals surface area contributed by atoms with Gasteiger partial charge in [-0.3, -0.25) is 14.2 Å². The van der Waals surface area contributed by atoms with Gasteiger partial charge in [-0.15, -0.1) is 10.2 Å². The predicted octanol–water partition coefficient (Wildman–Crippen LogP) is 5.35. The molecule has 13 heteroatoms. The molecule has 0 fully saturated rings. The Balaban J connectivity index is 1.53. The van der Waals surface area contributed by atoms with Gasteiger partial charge >= 0.3 is 6.18 Å². The van der Waals surface area contributed by atoms with Crippen LogP contribution in [0.1, 0.15) is 28.7 Å². The summed E-state index contributed by atoms with van der Waals surface area (Å²) in [6.45, 7) is 2.17. The number of methoxy groups -OCH3 is 1. The first-order valence-electron chi connectivity index (χ1n) is 12.4. The van der Waals surface area contributed by atoms with Gasteiger partial charge in [-0.1, -0.05) is 36.0 Å². The van der Waals surface area contributed by atoms with E-state index in [4.69, 9.17) is 9.47 Å². The standard InChI is InChI=1S/C28H26F3N5O4S/c1-3-40-19-14-12-18(13-15-19)33-25(37)17-41-27-35-34-24(36(27)22-10-6-7-11-23(22)39-2)16-32-26(38)20-8-4-5-9-21(20)28(29,30)31/h4-15H,3,16-17H2,1-2H3,(H,32,38)(H,33,37). The minimum absolute atomic E-state index is 0.0220. The van der Waals surface area contributed by atoms with Gasteiger partial charge in [0.2, 0.25) is 5.91 Å². The molecule has 1 aromatic heterocycles. The Morgan fingerprint density at radius 3 is 2.39 bits per heavy atom. The summed E-state index contributed by atoms with van der Waals surface area (Å²) in [7, 11) is 1.48. The topological polar surface area (TPSA) is 107 Å². The number of thioether (sulfide) groups is 1. The number of anilines is 1. The molecule has 0 bridgehead atoms. The summed E-state index contributed by atoms with van der Waals surface area (Å²) < 4.78 is 52.7. The van der Waals surface area contributed by atoms with Gasteiger partial charge in [0.25, 0.3) is 5.91 Å². The van der Waals surface area contributed by atoms with Crippen LogP contribution in [-0.2, 0) is 17.5 Å². The van der Waals surface area contributed by atoms with Crippen molar-refractivity contribution >= 4 is 29.3 Å². The van der Waals surface area contributed by atoms with Gasteiger partial charge in [0.1, 0.15) is 11.5 Å². The molecule has 0 saturated carbocycles. The number of halogens is 3. The maximum Gasteiger partial charge on any atom is 0.417 e. The molecule has 0 saturated heterocycles. The van der Waals surface area contributed by atoms with Crippen LogP contribution < -0.4 is 20.1 Å². The zero-order chi connectivity index (χ0) is 29.4. The number of carbonyl (C=O) groups excluding carboxylic acids is 2. The molecule has 4 aromatic rings. The van der Waals surface area contributed by atoms with Gasteiger partial charge in [0, 0.05) is 5.69 Å². The molecule has 0 aliphatic carbocycles. The summed E-state index contributed by atoms with van der Waals surface area (Å²) in [5, 5.41) is 13.9. The number of carbonyl (C=O) groups is 2. The molecule has 2 amide bonds. The van der Waals surface area contributed by atoms with Crippen LogP contribution in [-0.4, -0.2) is 46.0 Å². The predicted molar refractivity (Wildman–Crippen MR) is 147 cm³/mol. The molecule has 0 aliphatic rings. The Bertz CT molecular complexity index is 1510. The highest BCUT2D eigenvalue weighted by Gasteiger charge is 2.35. The summed E-state index contributed by atoms with van der Waals surface area (Å²) in [6.07, 6.45) is -4.69. The molecule has 0 spiro atoms. The van der Waals surface area contributed by atoms with E-state index < -0.39 is 23.2 Å². The fraction of sp³-hybridized carbons (Fsp3) is 0.214. The van der Waals surface area contributed by atoms with Gasteiger partial charge in [0.05, 0.1) is 42.8 Å².